The molecule has 0 aliphatic rings. The van der Waals surface area contributed by atoms with Crippen molar-refractivity contribution in [2.24, 2.45) is 0 Å². The van der Waals surface area contributed by atoms with Crippen molar-refractivity contribution >= 4 is 23.2 Å². The number of carbonyl (C=O) groups is 1. The summed E-state index contributed by atoms with van der Waals surface area (Å²) in [6, 6.07) is 11.8. The maximum absolute atomic E-state index is 12.6. The third-order valence-electron chi connectivity index (χ3n) is 3.14. The Bertz CT molecular complexity index is 623. The summed E-state index contributed by atoms with van der Waals surface area (Å²) in [6.07, 6.45) is 0. The highest BCUT2D eigenvalue weighted by Crippen LogP contribution is 2.26. The minimum absolute atomic E-state index is 0.113. The van der Waals surface area contributed by atoms with Crippen LogP contribution in [0.15, 0.2) is 42.5 Å². The molecule has 0 aliphatic heterocycles. The van der Waals surface area contributed by atoms with Gasteiger partial charge in [0, 0.05) is 23.2 Å². The minimum Gasteiger partial charge on any atom is -0.508 e. The van der Waals surface area contributed by atoms with E-state index in [4.69, 9.17) is 11.6 Å². The molecule has 0 bridgehead atoms. The number of halogens is 1. The van der Waals surface area contributed by atoms with Crippen molar-refractivity contribution in [2.75, 3.05) is 11.4 Å². The summed E-state index contributed by atoms with van der Waals surface area (Å²) in [5.74, 6) is 0.0332. The predicted octanol–water partition coefficient (Wildman–Crippen LogP) is 4.02. The number of aryl methyl sites for hydroxylation is 1. The van der Waals surface area contributed by atoms with E-state index in [0.29, 0.717) is 22.8 Å². The molecule has 3 nitrogen and oxygen atoms in total. The van der Waals surface area contributed by atoms with Crippen LogP contribution in [0.3, 0.4) is 0 Å². The lowest BCUT2D eigenvalue weighted by molar-refractivity contribution is 0.0988. The van der Waals surface area contributed by atoms with E-state index in [1.807, 2.05) is 13.8 Å². The van der Waals surface area contributed by atoms with E-state index in [0.717, 1.165) is 5.56 Å². The molecule has 0 saturated carbocycles. The van der Waals surface area contributed by atoms with Gasteiger partial charge in [-0.15, -0.1) is 0 Å². The number of nitrogens with zero attached hydrogens (tertiary/aromatic N) is 1. The standard InChI is InChI=1S/C16H16ClNO2/c1-3-18(15-10-14(19)9-4-11(15)2)16(20)12-5-7-13(17)8-6-12/h4-10,19H,3H2,1-2H3. The summed E-state index contributed by atoms with van der Waals surface area (Å²) < 4.78 is 0. The highest BCUT2D eigenvalue weighted by Gasteiger charge is 2.18. The van der Waals surface area contributed by atoms with Gasteiger partial charge in [-0.2, -0.15) is 0 Å². The number of anilines is 1. The van der Waals surface area contributed by atoms with E-state index in [1.54, 1.807) is 47.4 Å². The topological polar surface area (TPSA) is 40.5 Å². The molecule has 1 amide bonds. The van der Waals surface area contributed by atoms with Gasteiger partial charge in [-0.25, -0.2) is 0 Å². The van der Waals surface area contributed by atoms with Crippen molar-refractivity contribution < 1.29 is 9.90 Å². The molecule has 2 rings (SSSR count). The van der Waals surface area contributed by atoms with Crippen LogP contribution in [0.25, 0.3) is 0 Å². The van der Waals surface area contributed by atoms with Gasteiger partial charge in [-0.1, -0.05) is 17.7 Å². The van der Waals surface area contributed by atoms with Crippen molar-refractivity contribution in [1.29, 1.82) is 0 Å². The minimum atomic E-state index is -0.113. The molecule has 2 aromatic carbocycles. The van der Waals surface area contributed by atoms with Gasteiger partial charge < -0.3 is 10.0 Å². The predicted molar refractivity (Wildman–Crippen MR) is 81.6 cm³/mol. The molecule has 0 saturated heterocycles. The van der Waals surface area contributed by atoms with Gasteiger partial charge >= 0.3 is 0 Å². The van der Waals surface area contributed by atoms with Gasteiger partial charge in [0.05, 0.1) is 5.69 Å². The van der Waals surface area contributed by atoms with Crippen LogP contribution >= 0.6 is 11.6 Å². The largest absolute Gasteiger partial charge is 0.508 e. The molecule has 0 atom stereocenters. The number of hydrogen-bond acceptors (Lipinski definition) is 2. The van der Waals surface area contributed by atoms with Crippen LogP contribution in [0, 0.1) is 6.92 Å². The van der Waals surface area contributed by atoms with Crippen LogP contribution in [0.5, 0.6) is 5.75 Å². The van der Waals surface area contributed by atoms with Gasteiger partial charge in [0.25, 0.3) is 5.91 Å². The zero-order chi connectivity index (χ0) is 14.7. The van der Waals surface area contributed by atoms with Crippen molar-refractivity contribution in [3.8, 4) is 5.75 Å². The first-order valence-electron chi connectivity index (χ1n) is 6.40. The van der Waals surface area contributed by atoms with Gasteiger partial charge in [0.1, 0.15) is 5.75 Å². The first-order chi connectivity index (χ1) is 9.52. The fourth-order valence-corrected chi connectivity index (χ4v) is 2.19. The second kappa shape index (κ2) is 5.97. The van der Waals surface area contributed by atoms with Crippen LogP contribution in [-0.4, -0.2) is 17.6 Å². The summed E-state index contributed by atoms with van der Waals surface area (Å²) in [4.78, 5) is 14.2. The van der Waals surface area contributed by atoms with E-state index < -0.39 is 0 Å². The lowest BCUT2D eigenvalue weighted by Crippen LogP contribution is -2.31. The number of phenols is 1. The second-order valence-electron chi connectivity index (χ2n) is 4.53. The Morgan fingerprint density at radius 3 is 2.45 bits per heavy atom. The van der Waals surface area contributed by atoms with E-state index in [2.05, 4.69) is 0 Å². The smallest absolute Gasteiger partial charge is 0.258 e. The summed E-state index contributed by atoms with van der Waals surface area (Å²) in [6.45, 7) is 4.33. The van der Waals surface area contributed by atoms with Crippen LogP contribution in [-0.2, 0) is 0 Å². The molecule has 0 radical (unpaired) electrons. The third kappa shape index (κ3) is 2.94. The maximum Gasteiger partial charge on any atom is 0.258 e. The lowest BCUT2D eigenvalue weighted by Gasteiger charge is -2.23. The average Bonchev–Trinajstić information content (AvgIpc) is 2.44. The summed E-state index contributed by atoms with van der Waals surface area (Å²) >= 11 is 5.83. The number of phenolic OH excluding ortho intramolecular Hbond substituents is 1. The zero-order valence-electron chi connectivity index (χ0n) is 11.4. The second-order valence-corrected chi connectivity index (χ2v) is 4.96. The molecule has 0 aliphatic carbocycles. The van der Waals surface area contributed by atoms with Gasteiger partial charge in [-0.05, 0) is 49.7 Å². The van der Waals surface area contributed by atoms with Gasteiger partial charge in [0.2, 0.25) is 0 Å². The van der Waals surface area contributed by atoms with Crippen molar-refractivity contribution in [3.05, 3.63) is 58.6 Å². The fourth-order valence-electron chi connectivity index (χ4n) is 2.06. The lowest BCUT2D eigenvalue weighted by atomic mass is 10.1. The average molecular weight is 290 g/mol. The number of benzene rings is 2. The molecule has 1 N–H and O–H groups in total. The van der Waals surface area contributed by atoms with E-state index in [9.17, 15) is 9.90 Å². The molecular formula is C16H16ClNO2. The van der Waals surface area contributed by atoms with Crippen molar-refractivity contribution in [1.82, 2.24) is 0 Å². The highest BCUT2D eigenvalue weighted by molar-refractivity contribution is 6.30. The monoisotopic (exact) mass is 289 g/mol. The first-order valence-corrected chi connectivity index (χ1v) is 6.77. The SMILES string of the molecule is CCN(C(=O)c1ccc(Cl)cc1)c1cc(O)ccc1C. The molecule has 4 heteroatoms. The Morgan fingerprint density at radius 2 is 1.85 bits per heavy atom. The number of hydrogen-bond donors (Lipinski definition) is 1. The van der Waals surface area contributed by atoms with Crippen LogP contribution in [0.2, 0.25) is 5.02 Å². The van der Waals surface area contributed by atoms with Crippen LogP contribution < -0.4 is 4.90 Å². The normalized spacial score (nSPS) is 10.3. The van der Waals surface area contributed by atoms with Gasteiger partial charge in [0.15, 0.2) is 0 Å². The van der Waals surface area contributed by atoms with Crippen LogP contribution in [0.4, 0.5) is 5.69 Å². The molecule has 0 fully saturated rings. The van der Waals surface area contributed by atoms with Gasteiger partial charge in [-0.3, -0.25) is 4.79 Å². The molecular weight excluding hydrogens is 274 g/mol. The van der Waals surface area contributed by atoms with E-state index in [-0.39, 0.29) is 11.7 Å². The molecule has 2 aromatic rings. The Hall–Kier alpha value is -2.00. The Morgan fingerprint density at radius 1 is 1.20 bits per heavy atom. The first kappa shape index (κ1) is 14.4. The molecule has 0 spiro atoms. The third-order valence-corrected chi connectivity index (χ3v) is 3.39. The summed E-state index contributed by atoms with van der Waals surface area (Å²) in [7, 11) is 0. The summed E-state index contributed by atoms with van der Waals surface area (Å²) in [5, 5.41) is 10.2. The molecule has 20 heavy (non-hydrogen) atoms. The Balaban J connectivity index is 2.39. The molecule has 0 unspecified atom stereocenters. The molecule has 0 heterocycles. The number of amides is 1. The number of carbonyl (C=O) groups excluding carboxylic acids is 1. The van der Waals surface area contributed by atoms with E-state index >= 15 is 0 Å². The zero-order valence-corrected chi connectivity index (χ0v) is 12.2. The highest BCUT2D eigenvalue weighted by atomic mass is 35.5. The van der Waals surface area contributed by atoms with Crippen molar-refractivity contribution in [2.45, 2.75) is 13.8 Å². The van der Waals surface area contributed by atoms with Crippen LogP contribution in [0.1, 0.15) is 22.8 Å². The quantitative estimate of drug-likeness (QED) is 0.927. The molecule has 104 valence electrons. The Kier molecular flexibility index (Phi) is 4.30. The Labute approximate surface area is 123 Å². The van der Waals surface area contributed by atoms with Crippen molar-refractivity contribution in [3.63, 3.8) is 0 Å². The summed E-state index contributed by atoms with van der Waals surface area (Å²) in [5.41, 5.74) is 2.22. The van der Waals surface area contributed by atoms with E-state index in [1.165, 1.54) is 0 Å². The number of aromatic hydroxyl groups is 1. The fraction of sp³-hybridized carbons (Fsp3) is 0.188. The maximum atomic E-state index is 12.6. The number of rotatable bonds is 3. The molecule has 0 aromatic heterocycles.